The number of allylic oxidation sites excluding steroid dienone is 1. The van der Waals surface area contributed by atoms with Gasteiger partial charge >= 0.3 is 0 Å². The second kappa shape index (κ2) is 11.8. The zero-order valence-electron chi connectivity index (χ0n) is 21.3. The van der Waals surface area contributed by atoms with Gasteiger partial charge in [0.05, 0.1) is 6.67 Å². The Morgan fingerprint density at radius 1 is 0.972 bits per heavy atom. The van der Waals surface area contributed by atoms with Crippen LogP contribution in [0.15, 0.2) is 76.0 Å². The van der Waals surface area contributed by atoms with Gasteiger partial charge in [-0.25, -0.2) is 9.98 Å². The van der Waals surface area contributed by atoms with Crippen molar-refractivity contribution in [2.45, 2.75) is 46.6 Å². The number of hydrogen-bond acceptors (Lipinski definition) is 7. The number of aliphatic imine (C=N–C) groups is 2. The molecule has 1 unspecified atom stereocenters. The molecule has 0 saturated heterocycles. The molecule has 0 bridgehead atoms. The molecule has 0 fully saturated rings. The number of aldehydes is 1. The molecule has 2 aromatic rings. The SMILES string of the molecule is CCCN1CN(CCC)C(C(=O)C=O)=C2N=C(C(C)Cc3ccc(OCc4ccccc4)cc3)N=C21. The number of Topliss-reactive ketones (excluding diaryl/α,β-unsaturated/α-hetero) is 1. The molecule has 2 heterocycles. The molecule has 7 heteroatoms. The highest BCUT2D eigenvalue weighted by atomic mass is 16.5. The Hall–Kier alpha value is -3.74. The lowest BCUT2D eigenvalue weighted by Gasteiger charge is -2.38. The highest BCUT2D eigenvalue weighted by Gasteiger charge is 2.36. The van der Waals surface area contributed by atoms with Crippen LogP contribution in [0.5, 0.6) is 5.75 Å². The first kappa shape index (κ1) is 25.4. The lowest BCUT2D eigenvalue weighted by molar-refractivity contribution is -0.128. The van der Waals surface area contributed by atoms with Crippen molar-refractivity contribution in [2.24, 2.45) is 15.9 Å². The van der Waals surface area contributed by atoms with Crippen molar-refractivity contribution >= 4 is 23.7 Å². The normalized spacial score (nSPS) is 15.9. The van der Waals surface area contributed by atoms with Crippen LogP contribution in [0.4, 0.5) is 0 Å². The lowest BCUT2D eigenvalue weighted by Crippen LogP contribution is -2.48. The van der Waals surface area contributed by atoms with E-state index in [2.05, 4.69) is 37.8 Å². The first-order valence-corrected chi connectivity index (χ1v) is 12.7. The predicted molar refractivity (Wildman–Crippen MR) is 142 cm³/mol. The van der Waals surface area contributed by atoms with Crippen molar-refractivity contribution in [2.75, 3.05) is 19.8 Å². The number of ether oxygens (including phenoxy) is 1. The summed E-state index contributed by atoms with van der Waals surface area (Å²) in [4.78, 5) is 37.8. The van der Waals surface area contributed by atoms with E-state index in [1.807, 2.05) is 47.4 Å². The fourth-order valence-electron chi connectivity index (χ4n) is 4.58. The Morgan fingerprint density at radius 2 is 1.67 bits per heavy atom. The topological polar surface area (TPSA) is 74.6 Å². The van der Waals surface area contributed by atoms with Crippen LogP contribution in [-0.2, 0) is 22.6 Å². The third kappa shape index (κ3) is 5.73. The molecule has 0 amide bonds. The van der Waals surface area contributed by atoms with Crippen LogP contribution >= 0.6 is 0 Å². The summed E-state index contributed by atoms with van der Waals surface area (Å²) in [5.74, 6) is 1.74. The fraction of sp³-hybridized carbons (Fsp3) is 0.379. The molecule has 0 saturated carbocycles. The number of carbonyl (C=O) groups excluding carboxylic acids is 2. The van der Waals surface area contributed by atoms with Gasteiger partial charge in [-0.3, -0.25) is 9.59 Å². The smallest absolute Gasteiger partial charge is 0.243 e. The van der Waals surface area contributed by atoms with Crippen LogP contribution < -0.4 is 4.74 Å². The highest BCUT2D eigenvalue weighted by Crippen LogP contribution is 2.29. The van der Waals surface area contributed by atoms with Crippen LogP contribution in [0.25, 0.3) is 0 Å². The van der Waals surface area contributed by atoms with Crippen LogP contribution in [0.3, 0.4) is 0 Å². The van der Waals surface area contributed by atoms with Crippen molar-refractivity contribution in [1.29, 1.82) is 0 Å². The fourth-order valence-corrected chi connectivity index (χ4v) is 4.58. The summed E-state index contributed by atoms with van der Waals surface area (Å²) in [6.45, 7) is 8.84. The largest absolute Gasteiger partial charge is 0.489 e. The van der Waals surface area contributed by atoms with Gasteiger partial charge in [0.15, 0.2) is 12.1 Å². The summed E-state index contributed by atoms with van der Waals surface area (Å²) in [6, 6.07) is 18.2. The van der Waals surface area contributed by atoms with Gasteiger partial charge in [-0.15, -0.1) is 0 Å². The molecule has 0 spiro atoms. The summed E-state index contributed by atoms with van der Waals surface area (Å²) in [6.07, 6.45) is 2.96. The highest BCUT2D eigenvalue weighted by molar-refractivity contribution is 6.35. The number of amidine groups is 2. The predicted octanol–water partition coefficient (Wildman–Crippen LogP) is 4.63. The Bertz CT molecular complexity index is 1170. The molecule has 0 aromatic heterocycles. The third-order valence-corrected chi connectivity index (χ3v) is 6.32. The summed E-state index contributed by atoms with van der Waals surface area (Å²) in [5, 5.41) is 0. The van der Waals surface area contributed by atoms with Gasteiger partial charge in [0, 0.05) is 19.0 Å². The Morgan fingerprint density at radius 3 is 2.33 bits per heavy atom. The number of carbonyl (C=O) groups is 2. The maximum Gasteiger partial charge on any atom is 0.243 e. The Labute approximate surface area is 213 Å². The van der Waals surface area contributed by atoms with Crippen LogP contribution in [0.1, 0.15) is 44.7 Å². The van der Waals surface area contributed by atoms with Gasteiger partial charge in [-0.1, -0.05) is 63.2 Å². The van der Waals surface area contributed by atoms with Gasteiger partial charge in [-0.2, -0.15) is 0 Å². The molecule has 0 N–H and O–H groups in total. The van der Waals surface area contributed by atoms with Gasteiger partial charge in [0.1, 0.15) is 29.6 Å². The summed E-state index contributed by atoms with van der Waals surface area (Å²) in [5.41, 5.74) is 3.20. The minimum absolute atomic E-state index is 0.0439. The number of benzene rings is 2. The van der Waals surface area contributed by atoms with Gasteiger partial charge < -0.3 is 14.5 Å². The molecule has 2 aliphatic rings. The first-order chi connectivity index (χ1) is 17.5. The van der Waals surface area contributed by atoms with Crippen LogP contribution in [0, 0.1) is 5.92 Å². The number of ketones is 1. The van der Waals surface area contributed by atoms with E-state index in [9.17, 15) is 9.59 Å². The molecule has 36 heavy (non-hydrogen) atoms. The maximum absolute atomic E-state index is 12.6. The number of fused-ring (bicyclic) bond motifs is 1. The first-order valence-electron chi connectivity index (χ1n) is 12.7. The molecule has 1 atom stereocenters. The second-order valence-corrected chi connectivity index (χ2v) is 9.28. The monoisotopic (exact) mass is 486 g/mol. The van der Waals surface area contributed by atoms with Crippen molar-refractivity contribution in [3.63, 3.8) is 0 Å². The Balaban J connectivity index is 1.50. The van der Waals surface area contributed by atoms with E-state index in [1.54, 1.807) is 0 Å². The minimum atomic E-state index is -0.536. The number of rotatable bonds is 12. The van der Waals surface area contributed by atoms with E-state index in [1.165, 1.54) is 0 Å². The molecular formula is C29H34N4O3. The molecule has 2 aliphatic heterocycles. The minimum Gasteiger partial charge on any atom is -0.489 e. The van der Waals surface area contributed by atoms with E-state index in [0.29, 0.717) is 49.2 Å². The van der Waals surface area contributed by atoms with Crippen molar-refractivity contribution in [3.8, 4) is 5.75 Å². The van der Waals surface area contributed by atoms with Crippen molar-refractivity contribution < 1.29 is 14.3 Å². The molecule has 188 valence electrons. The third-order valence-electron chi connectivity index (χ3n) is 6.32. The maximum atomic E-state index is 12.6. The summed E-state index contributed by atoms with van der Waals surface area (Å²) < 4.78 is 5.90. The van der Waals surface area contributed by atoms with Crippen LogP contribution in [0.2, 0.25) is 0 Å². The van der Waals surface area contributed by atoms with Gasteiger partial charge in [0.25, 0.3) is 0 Å². The molecular weight excluding hydrogens is 452 g/mol. The van der Waals surface area contributed by atoms with Gasteiger partial charge in [0.2, 0.25) is 5.78 Å². The average Bonchev–Trinajstić information content (AvgIpc) is 3.35. The number of hydrogen-bond donors (Lipinski definition) is 0. The number of nitrogens with zero attached hydrogens (tertiary/aromatic N) is 4. The molecule has 4 rings (SSSR count). The molecule has 2 aromatic carbocycles. The summed E-state index contributed by atoms with van der Waals surface area (Å²) >= 11 is 0. The van der Waals surface area contributed by atoms with Gasteiger partial charge in [-0.05, 0) is 42.5 Å². The van der Waals surface area contributed by atoms with E-state index >= 15 is 0 Å². The van der Waals surface area contributed by atoms with E-state index in [4.69, 9.17) is 14.7 Å². The molecule has 0 aliphatic carbocycles. The quantitative estimate of drug-likeness (QED) is 0.323. The lowest BCUT2D eigenvalue weighted by atomic mass is 10.0. The standard InChI is InChI=1S/C29H34N4O3/c1-4-15-32-20-33(16-5-2)29-26(27(32)25(35)18-34)30-28(31-29)21(3)17-22-11-13-24(14-12-22)36-19-23-9-7-6-8-10-23/h6-14,18,21H,4-5,15-17,19-20H2,1-3H3. The summed E-state index contributed by atoms with van der Waals surface area (Å²) in [7, 11) is 0. The zero-order valence-corrected chi connectivity index (χ0v) is 21.3. The van der Waals surface area contributed by atoms with E-state index in [-0.39, 0.29) is 5.92 Å². The van der Waals surface area contributed by atoms with Crippen molar-refractivity contribution in [3.05, 3.63) is 77.1 Å². The second-order valence-electron chi connectivity index (χ2n) is 9.28. The average molecular weight is 487 g/mol. The zero-order chi connectivity index (χ0) is 25.5. The van der Waals surface area contributed by atoms with E-state index in [0.717, 1.165) is 42.7 Å². The van der Waals surface area contributed by atoms with Crippen molar-refractivity contribution in [1.82, 2.24) is 9.80 Å². The molecule has 0 radical (unpaired) electrons. The molecule has 7 nitrogen and oxygen atoms in total. The van der Waals surface area contributed by atoms with E-state index < -0.39 is 5.78 Å². The Kier molecular flexibility index (Phi) is 8.31. The van der Waals surface area contributed by atoms with Crippen LogP contribution in [-0.4, -0.2) is 53.3 Å².